The highest BCUT2D eigenvalue weighted by Gasteiger charge is 2.08. The van der Waals surface area contributed by atoms with Crippen molar-refractivity contribution in [1.29, 1.82) is 0 Å². The molecule has 0 aliphatic rings. The molecule has 0 saturated heterocycles. The zero-order valence-electron chi connectivity index (χ0n) is 11.7. The number of carbonyl (C=O) groups is 1. The van der Waals surface area contributed by atoms with Crippen LogP contribution in [0.3, 0.4) is 0 Å². The number of carbonyl (C=O) groups excluding carboxylic acids is 1. The van der Waals surface area contributed by atoms with Gasteiger partial charge in [0.25, 0.3) is 0 Å². The minimum Gasteiger partial charge on any atom is -0.466 e. The van der Waals surface area contributed by atoms with Crippen molar-refractivity contribution in [2.24, 2.45) is 5.10 Å². The van der Waals surface area contributed by atoms with E-state index >= 15 is 0 Å². The monoisotopic (exact) mass is 325 g/mol. The van der Waals surface area contributed by atoms with Crippen LogP contribution in [0.5, 0.6) is 0 Å². The van der Waals surface area contributed by atoms with E-state index in [0.29, 0.717) is 17.4 Å². The third-order valence-corrected chi connectivity index (χ3v) is 3.32. The molecule has 8 heteroatoms. The SMILES string of the molecule is CCOC(=O)Cc1csc(NN=Cc2cccc(F)c2F)n1. The maximum atomic E-state index is 13.4. The van der Waals surface area contributed by atoms with Crippen molar-refractivity contribution in [2.75, 3.05) is 12.0 Å². The van der Waals surface area contributed by atoms with Crippen LogP contribution in [-0.4, -0.2) is 23.8 Å². The lowest BCUT2D eigenvalue weighted by Gasteiger charge is -1.98. The Balaban J connectivity index is 1.94. The van der Waals surface area contributed by atoms with Gasteiger partial charge in [-0.2, -0.15) is 5.10 Å². The molecule has 0 aliphatic heterocycles. The van der Waals surface area contributed by atoms with Gasteiger partial charge in [0, 0.05) is 10.9 Å². The molecule has 22 heavy (non-hydrogen) atoms. The summed E-state index contributed by atoms with van der Waals surface area (Å²) in [6.45, 7) is 2.05. The summed E-state index contributed by atoms with van der Waals surface area (Å²) >= 11 is 1.24. The number of hydrogen-bond donors (Lipinski definition) is 1. The maximum absolute atomic E-state index is 13.4. The maximum Gasteiger partial charge on any atom is 0.311 e. The first-order valence-electron chi connectivity index (χ1n) is 6.43. The number of esters is 1. The molecule has 0 bridgehead atoms. The van der Waals surface area contributed by atoms with Crippen LogP contribution in [-0.2, 0) is 16.0 Å². The second-order valence-corrected chi connectivity index (χ2v) is 5.00. The molecular weight excluding hydrogens is 312 g/mol. The van der Waals surface area contributed by atoms with E-state index in [9.17, 15) is 13.6 Å². The van der Waals surface area contributed by atoms with E-state index in [0.717, 1.165) is 12.3 Å². The number of nitrogens with one attached hydrogen (secondary N) is 1. The summed E-state index contributed by atoms with van der Waals surface area (Å²) < 4.78 is 31.2. The van der Waals surface area contributed by atoms with Gasteiger partial charge in [0.2, 0.25) is 5.13 Å². The van der Waals surface area contributed by atoms with E-state index in [1.807, 2.05) is 0 Å². The summed E-state index contributed by atoms with van der Waals surface area (Å²) in [7, 11) is 0. The molecule has 1 aromatic heterocycles. The summed E-state index contributed by atoms with van der Waals surface area (Å²) in [5.74, 6) is -2.25. The lowest BCUT2D eigenvalue weighted by molar-refractivity contribution is -0.142. The fourth-order valence-corrected chi connectivity index (χ4v) is 2.24. The summed E-state index contributed by atoms with van der Waals surface area (Å²) in [6, 6.07) is 3.82. The van der Waals surface area contributed by atoms with Crippen LogP contribution in [0, 0.1) is 11.6 Å². The number of hydrazone groups is 1. The Hall–Kier alpha value is -2.35. The number of benzene rings is 1. The lowest BCUT2D eigenvalue weighted by atomic mass is 10.2. The Morgan fingerprint density at radius 3 is 3.09 bits per heavy atom. The van der Waals surface area contributed by atoms with Crippen molar-refractivity contribution in [3.63, 3.8) is 0 Å². The normalized spacial score (nSPS) is 10.9. The second kappa shape index (κ2) is 7.60. The largest absolute Gasteiger partial charge is 0.466 e. The molecule has 116 valence electrons. The van der Waals surface area contributed by atoms with Crippen LogP contribution in [0.4, 0.5) is 13.9 Å². The summed E-state index contributed by atoms with van der Waals surface area (Å²) in [4.78, 5) is 15.4. The van der Waals surface area contributed by atoms with Gasteiger partial charge >= 0.3 is 5.97 Å². The Kier molecular flexibility index (Phi) is 5.54. The number of anilines is 1. The highest BCUT2D eigenvalue weighted by atomic mass is 32.1. The van der Waals surface area contributed by atoms with E-state index in [1.165, 1.54) is 23.5 Å². The van der Waals surface area contributed by atoms with Crippen molar-refractivity contribution < 1.29 is 18.3 Å². The van der Waals surface area contributed by atoms with Gasteiger partial charge in [-0.3, -0.25) is 10.2 Å². The minimum absolute atomic E-state index is 0.0239. The summed E-state index contributed by atoms with van der Waals surface area (Å²) in [6.07, 6.45) is 1.24. The van der Waals surface area contributed by atoms with E-state index in [2.05, 4.69) is 15.5 Å². The van der Waals surface area contributed by atoms with Crippen LogP contribution in [0.15, 0.2) is 28.7 Å². The average molecular weight is 325 g/mol. The van der Waals surface area contributed by atoms with Crippen molar-refractivity contribution in [2.45, 2.75) is 13.3 Å². The van der Waals surface area contributed by atoms with Crippen molar-refractivity contribution >= 4 is 28.7 Å². The Morgan fingerprint density at radius 2 is 2.32 bits per heavy atom. The minimum atomic E-state index is -0.963. The van der Waals surface area contributed by atoms with Crippen molar-refractivity contribution in [3.05, 3.63) is 46.5 Å². The third kappa shape index (κ3) is 4.32. The van der Waals surface area contributed by atoms with Gasteiger partial charge < -0.3 is 4.74 Å². The van der Waals surface area contributed by atoms with Crippen LogP contribution in [0.2, 0.25) is 0 Å². The first kappa shape index (κ1) is 16.0. The van der Waals surface area contributed by atoms with Gasteiger partial charge in [0.05, 0.1) is 24.9 Å². The summed E-state index contributed by atoms with van der Waals surface area (Å²) in [5, 5.41) is 5.92. The Morgan fingerprint density at radius 1 is 1.50 bits per heavy atom. The molecule has 0 atom stereocenters. The predicted octanol–water partition coefficient (Wildman–Crippen LogP) is 2.97. The van der Waals surface area contributed by atoms with E-state index < -0.39 is 11.6 Å². The molecule has 0 radical (unpaired) electrons. The average Bonchev–Trinajstić information content (AvgIpc) is 2.91. The molecule has 0 spiro atoms. The molecule has 0 aliphatic carbocycles. The molecule has 2 aromatic rings. The molecule has 1 N–H and O–H groups in total. The zero-order valence-corrected chi connectivity index (χ0v) is 12.5. The molecule has 0 saturated carbocycles. The van der Waals surface area contributed by atoms with Crippen LogP contribution in [0.1, 0.15) is 18.2 Å². The zero-order chi connectivity index (χ0) is 15.9. The van der Waals surface area contributed by atoms with Crippen molar-refractivity contribution in [3.8, 4) is 0 Å². The topological polar surface area (TPSA) is 63.6 Å². The second-order valence-electron chi connectivity index (χ2n) is 4.14. The molecule has 1 heterocycles. The molecule has 0 unspecified atom stereocenters. The van der Waals surface area contributed by atoms with Crippen molar-refractivity contribution in [1.82, 2.24) is 4.98 Å². The first-order chi connectivity index (χ1) is 10.6. The standard InChI is InChI=1S/C14H13F2N3O2S/c1-2-21-12(20)6-10-8-22-14(18-10)19-17-7-9-4-3-5-11(15)13(9)16/h3-5,7-8H,2,6H2,1H3,(H,18,19). The van der Waals surface area contributed by atoms with Gasteiger partial charge in [0.1, 0.15) is 0 Å². The van der Waals surface area contributed by atoms with E-state index in [4.69, 9.17) is 4.74 Å². The Bertz CT molecular complexity index is 688. The molecular formula is C14H13F2N3O2S. The van der Waals surface area contributed by atoms with Gasteiger partial charge in [-0.1, -0.05) is 12.1 Å². The number of rotatable bonds is 6. The van der Waals surface area contributed by atoms with Gasteiger partial charge in [-0.05, 0) is 13.0 Å². The summed E-state index contributed by atoms with van der Waals surface area (Å²) in [5.41, 5.74) is 3.18. The molecule has 0 amide bonds. The smallest absolute Gasteiger partial charge is 0.311 e. The molecule has 2 rings (SSSR count). The quantitative estimate of drug-likeness (QED) is 0.504. The van der Waals surface area contributed by atoms with Gasteiger partial charge in [0.15, 0.2) is 11.6 Å². The third-order valence-electron chi connectivity index (χ3n) is 2.53. The molecule has 0 fully saturated rings. The number of thiazole rings is 1. The van der Waals surface area contributed by atoms with Crippen LogP contribution < -0.4 is 5.43 Å². The van der Waals surface area contributed by atoms with E-state index in [1.54, 1.807) is 12.3 Å². The number of nitrogens with zero attached hydrogens (tertiary/aromatic N) is 2. The van der Waals surface area contributed by atoms with Crippen LogP contribution >= 0.6 is 11.3 Å². The predicted molar refractivity (Wildman–Crippen MR) is 80.0 cm³/mol. The number of ether oxygens (including phenoxy) is 1. The number of aromatic nitrogens is 1. The molecule has 5 nitrogen and oxygen atoms in total. The fraction of sp³-hybridized carbons (Fsp3) is 0.214. The highest BCUT2D eigenvalue weighted by Crippen LogP contribution is 2.16. The number of halogens is 2. The Labute approximate surface area is 129 Å². The van der Waals surface area contributed by atoms with Gasteiger partial charge in [-0.25, -0.2) is 13.8 Å². The van der Waals surface area contributed by atoms with Crippen LogP contribution in [0.25, 0.3) is 0 Å². The number of hydrogen-bond acceptors (Lipinski definition) is 6. The van der Waals surface area contributed by atoms with Gasteiger partial charge in [-0.15, -0.1) is 11.3 Å². The highest BCUT2D eigenvalue weighted by molar-refractivity contribution is 7.13. The van der Waals surface area contributed by atoms with E-state index in [-0.39, 0.29) is 18.0 Å². The lowest BCUT2D eigenvalue weighted by Crippen LogP contribution is -2.07. The fourth-order valence-electron chi connectivity index (χ4n) is 1.58. The first-order valence-corrected chi connectivity index (χ1v) is 7.31. The molecule has 1 aromatic carbocycles.